The van der Waals surface area contributed by atoms with Crippen LogP contribution in [0.4, 0.5) is 5.69 Å². The lowest BCUT2D eigenvalue weighted by Crippen LogP contribution is -2.38. The lowest BCUT2D eigenvalue weighted by atomic mass is 10.1. The molecule has 9 heteroatoms. The maximum absolute atomic E-state index is 11.9. The molecule has 2 aromatic rings. The molecule has 0 unspecified atom stereocenters. The lowest BCUT2D eigenvalue weighted by molar-refractivity contribution is -0.129. The molecule has 1 aliphatic rings. The SMILES string of the molecule is COc1cc2ncc(C#N)c(N3CCCN(C(=O)CN)CC3)c2cc1OC.Cl. The summed E-state index contributed by atoms with van der Waals surface area (Å²) < 4.78 is 10.8. The van der Waals surface area contributed by atoms with E-state index in [1.165, 1.54) is 0 Å². The van der Waals surface area contributed by atoms with E-state index in [-0.39, 0.29) is 24.9 Å². The van der Waals surface area contributed by atoms with Crippen LogP contribution in [0.1, 0.15) is 12.0 Å². The molecule has 3 rings (SSSR count). The monoisotopic (exact) mass is 405 g/mol. The first-order valence-corrected chi connectivity index (χ1v) is 8.80. The summed E-state index contributed by atoms with van der Waals surface area (Å²) in [5.74, 6) is 1.12. The van der Waals surface area contributed by atoms with Crippen molar-refractivity contribution in [3.63, 3.8) is 0 Å². The number of nitrogens with zero attached hydrogens (tertiary/aromatic N) is 4. The van der Waals surface area contributed by atoms with Gasteiger partial charge in [-0.25, -0.2) is 0 Å². The van der Waals surface area contributed by atoms with E-state index in [9.17, 15) is 10.1 Å². The van der Waals surface area contributed by atoms with Crippen molar-refractivity contribution >= 4 is 34.9 Å². The van der Waals surface area contributed by atoms with Crippen LogP contribution in [-0.2, 0) is 4.79 Å². The van der Waals surface area contributed by atoms with Crippen LogP contribution in [0.15, 0.2) is 18.3 Å². The number of amides is 1. The zero-order valence-electron chi connectivity index (χ0n) is 16.0. The van der Waals surface area contributed by atoms with Gasteiger partial charge >= 0.3 is 0 Å². The molecule has 1 aromatic carbocycles. The van der Waals surface area contributed by atoms with Crippen molar-refractivity contribution in [3.05, 3.63) is 23.9 Å². The highest BCUT2D eigenvalue weighted by atomic mass is 35.5. The number of fused-ring (bicyclic) bond motifs is 1. The first-order chi connectivity index (χ1) is 13.1. The lowest BCUT2D eigenvalue weighted by Gasteiger charge is -2.26. The number of carbonyl (C=O) groups excluding carboxylic acids is 1. The van der Waals surface area contributed by atoms with Crippen LogP contribution in [0, 0.1) is 11.3 Å². The number of rotatable bonds is 4. The predicted octanol–water partition coefficient (Wildman–Crippen LogP) is 1.54. The minimum Gasteiger partial charge on any atom is -0.493 e. The van der Waals surface area contributed by atoms with Gasteiger partial charge in [-0.15, -0.1) is 12.4 Å². The molecule has 2 N–H and O–H groups in total. The second kappa shape index (κ2) is 9.44. The number of ether oxygens (including phenoxy) is 2. The molecule has 1 saturated heterocycles. The Hall–Kier alpha value is -2.76. The Balaban J connectivity index is 0.00000280. The molecule has 1 fully saturated rings. The third-order valence-corrected chi connectivity index (χ3v) is 4.80. The van der Waals surface area contributed by atoms with Gasteiger partial charge in [0.05, 0.1) is 37.5 Å². The number of hydrogen-bond acceptors (Lipinski definition) is 7. The molecule has 0 bridgehead atoms. The van der Waals surface area contributed by atoms with Crippen LogP contribution in [0.2, 0.25) is 0 Å². The van der Waals surface area contributed by atoms with E-state index in [4.69, 9.17) is 15.2 Å². The second-order valence-electron chi connectivity index (χ2n) is 6.28. The summed E-state index contributed by atoms with van der Waals surface area (Å²) in [6.45, 7) is 2.59. The van der Waals surface area contributed by atoms with Crippen molar-refractivity contribution in [2.75, 3.05) is 51.8 Å². The molecule has 0 radical (unpaired) electrons. The largest absolute Gasteiger partial charge is 0.493 e. The number of methoxy groups -OCH3 is 2. The first kappa shape index (κ1) is 21.5. The van der Waals surface area contributed by atoms with Gasteiger partial charge in [0.15, 0.2) is 11.5 Å². The summed E-state index contributed by atoms with van der Waals surface area (Å²) in [7, 11) is 3.15. The van der Waals surface area contributed by atoms with E-state index in [0.29, 0.717) is 36.7 Å². The van der Waals surface area contributed by atoms with Crippen LogP contribution >= 0.6 is 12.4 Å². The summed E-state index contributed by atoms with van der Waals surface area (Å²) >= 11 is 0. The molecule has 2 heterocycles. The molecule has 28 heavy (non-hydrogen) atoms. The van der Waals surface area contributed by atoms with Gasteiger partial charge in [0, 0.05) is 43.8 Å². The van der Waals surface area contributed by atoms with Gasteiger partial charge in [-0.05, 0) is 12.5 Å². The third-order valence-electron chi connectivity index (χ3n) is 4.80. The predicted molar refractivity (Wildman–Crippen MR) is 109 cm³/mol. The minimum absolute atomic E-state index is 0. The fraction of sp³-hybridized carbons (Fsp3) is 0.421. The Kier molecular flexibility index (Phi) is 7.26. The Morgan fingerprint density at radius 1 is 1.21 bits per heavy atom. The number of anilines is 1. The van der Waals surface area contributed by atoms with Crippen LogP contribution in [0.3, 0.4) is 0 Å². The van der Waals surface area contributed by atoms with Crippen molar-refractivity contribution in [1.82, 2.24) is 9.88 Å². The standard InChI is InChI=1S/C19H23N5O3.ClH/c1-26-16-8-14-15(9-17(16)27-2)22-12-13(10-20)19(14)24-5-3-4-23(6-7-24)18(25)11-21;/h8-9,12H,3-7,11,21H2,1-2H3;1H. The van der Waals surface area contributed by atoms with Gasteiger partial charge in [0.2, 0.25) is 5.91 Å². The number of halogens is 1. The molecular weight excluding hydrogens is 382 g/mol. The number of hydrogen-bond donors (Lipinski definition) is 1. The first-order valence-electron chi connectivity index (χ1n) is 8.80. The number of nitrogens with two attached hydrogens (primary N) is 1. The highest BCUT2D eigenvalue weighted by Gasteiger charge is 2.23. The summed E-state index contributed by atoms with van der Waals surface area (Å²) in [6.07, 6.45) is 2.38. The van der Waals surface area contributed by atoms with Crippen LogP contribution in [-0.4, -0.2) is 62.7 Å². The Bertz CT molecular complexity index is 899. The number of aromatic nitrogens is 1. The Labute approximate surface area is 170 Å². The second-order valence-corrected chi connectivity index (χ2v) is 6.28. The number of carbonyl (C=O) groups is 1. The quantitative estimate of drug-likeness (QED) is 0.822. The van der Waals surface area contributed by atoms with Gasteiger partial charge in [0.1, 0.15) is 6.07 Å². The molecule has 0 saturated carbocycles. The zero-order chi connectivity index (χ0) is 19.4. The van der Waals surface area contributed by atoms with E-state index in [2.05, 4.69) is 16.0 Å². The number of pyridine rings is 1. The van der Waals surface area contributed by atoms with Crippen LogP contribution in [0.25, 0.3) is 10.9 Å². The van der Waals surface area contributed by atoms with Crippen molar-refractivity contribution in [2.24, 2.45) is 5.73 Å². The van der Waals surface area contributed by atoms with Crippen molar-refractivity contribution in [3.8, 4) is 17.6 Å². The summed E-state index contributed by atoms with van der Waals surface area (Å²) in [5.41, 5.74) is 7.52. The molecular formula is C19H24ClN5O3. The fourth-order valence-electron chi connectivity index (χ4n) is 3.45. The molecule has 1 amide bonds. The smallest absolute Gasteiger partial charge is 0.236 e. The van der Waals surface area contributed by atoms with E-state index in [1.54, 1.807) is 31.4 Å². The molecule has 0 spiro atoms. The van der Waals surface area contributed by atoms with E-state index < -0.39 is 0 Å². The molecule has 1 aliphatic heterocycles. The average molecular weight is 406 g/mol. The van der Waals surface area contributed by atoms with Crippen molar-refractivity contribution in [2.45, 2.75) is 6.42 Å². The topological polar surface area (TPSA) is 105 Å². The van der Waals surface area contributed by atoms with Gasteiger partial charge in [-0.1, -0.05) is 0 Å². The Morgan fingerprint density at radius 2 is 1.93 bits per heavy atom. The fourth-order valence-corrected chi connectivity index (χ4v) is 3.45. The summed E-state index contributed by atoms with van der Waals surface area (Å²) in [5, 5.41) is 10.5. The Morgan fingerprint density at radius 3 is 2.57 bits per heavy atom. The van der Waals surface area contributed by atoms with Crippen LogP contribution < -0.4 is 20.1 Å². The number of nitriles is 1. The van der Waals surface area contributed by atoms with Crippen molar-refractivity contribution < 1.29 is 14.3 Å². The number of benzene rings is 1. The molecule has 0 aliphatic carbocycles. The van der Waals surface area contributed by atoms with Crippen molar-refractivity contribution in [1.29, 1.82) is 5.26 Å². The zero-order valence-corrected chi connectivity index (χ0v) is 16.8. The highest BCUT2D eigenvalue weighted by Crippen LogP contribution is 2.37. The van der Waals surface area contributed by atoms with Gasteiger partial charge in [0.25, 0.3) is 0 Å². The highest BCUT2D eigenvalue weighted by molar-refractivity contribution is 5.96. The van der Waals surface area contributed by atoms with Gasteiger partial charge < -0.3 is 25.0 Å². The summed E-state index contributed by atoms with van der Waals surface area (Å²) in [6, 6.07) is 5.90. The van der Waals surface area contributed by atoms with Gasteiger partial charge in [-0.2, -0.15) is 5.26 Å². The van der Waals surface area contributed by atoms with E-state index >= 15 is 0 Å². The maximum Gasteiger partial charge on any atom is 0.236 e. The van der Waals surface area contributed by atoms with Crippen LogP contribution in [0.5, 0.6) is 11.5 Å². The molecule has 1 aromatic heterocycles. The molecule has 150 valence electrons. The molecule has 8 nitrogen and oxygen atoms in total. The minimum atomic E-state index is -0.0525. The normalized spacial score (nSPS) is 14.1. The van der Waals surface area contributed by atoms with E-state index in [0.717, 1.165) is 29.6 Å². The average Bonchev–Trinajstić information content (AvgIpc) is 2.97. The van der Waals surface area contributed by atoms with Gasteiger partial charge in [-0.3, -0.25) is 9.78 Å². The third kappa shape index (κ3) is 4.06. The summed E-state index contributed by atoms with van der Waals surface area (Å²) in [4.78, 5) is 20.3. The maximum atomic E-state index is 11.9. The van der Waals surface area contributed by atoms with E-state index in [1.807, 2.05) is 6.07 Å². The molecule has 0 atom stereocenters.